The van der Waals surface area contributed by atoms with Gasteiger partial charge in [0.15, 0.2) is 5.69 Å². The summed E-state index contributed by atoms with van der Waals surface area (Å²) in [5.74, 6) is -1.18. The van der Waals surface area contributed by atoms with E-state index in [0.29, 0.717) is 6.54 Å². The minimum absolute atomic E-state index is 0.218. The maximum Gasteiger partial charge on any atom is 0.354 e. The molecule has 0 bridgehead atoms. The standard InChI is InChI=1S/C7H8N2O3/c1-2-9-4-8-5(7(11)12)3-6(9)10/h3-4H,2H2,1H3,(H,11,12). The fourth-order valence-electron chi connectivity index (χ4n) is 0.780. The molecule has 1 aromatic rings. The molecule has 0 saturated heterocycles. The first-order valence-corrected chi connectivity index (χ1v) is 3.45. The molecule has 0 radical (unpaired) electrons. The van der Waals surface area contributed by atoms with Crippen molar-refractivity contribution in [1.82, 2.24) is 9.55 Å². The van der Waals surface area contributed by atoms with Crippen molar-refractivity contribution in [2.24, 2.45) is 0 Å². The first-order valence-electron chi connectivity index (χ1n) is 3.45. The van der Waals surface area contributed by atoms with Crippen molar-refractivity contribution in [3.8, 4) is 0 Å². The molecule has 0 atom stereocenters. The zero-order valence-corrected chi connectivity index (χ0v) is 6.52. The second kappa shape index (κ2) is 3.17. The second-order valence-electron chi connectivity index (χ2n) is 2.20. The first kappa shape index (κ1) is 8.45. The van der Waals surface area contributed by atoms with Crippen LogP contribution in [0.2, 0.25) is 0 Å². The van der Waals surface area contributed by atoms with E-state index >= 15 is 0 Å². The lowest BCUT2D eigenvalue weighted by Crippen LogP contribution is -2.20. The van der Waals surface area contributed by atoms with Crippen LogP contribution in [0.3, 0.4) is 0 Å². The maximum absolute atomic E-state index is 11.0. The molecular weight excluding hydrogens is 160 g/mol. The van der Waals surface area contributed by atoms with Gasteiger partial charge in [0.2, 0.25) is 0 Å². The van der Waals surface area contributed by atoms with Gasteiger partial charge in [-0.25, -0.2) is 9.78 Å². The van der Waals surface area contributed by atoms with E-state index < -0.39 is 5.97 Å². The van der Waals surface area contributed by atoms with Gasteiger partial charge in [-0.2, -0.15) is 0 Å². The summed E-state index contributed by atoms with van der Waals surface area (Å²) in [6.07, 6.45) is 1.23. The number of aromatic nitrogens is 2. The molecule has 5 heteroatoms. The van der Waals surface area contributed by atoms with Gasteiger partial charge in [0.1, 0.15) is 0 Å². The molecule has 1 N–H and O–H groups in total. The van der Waals surface area contributed by atoms with Crippen LogP contribution < -0.4 is 5.56 Å². The number of hydrogen-bond acceptors (Lipinski definition) is 3. The van der Waals surface area contributed by atoms with Crippen LogP contribution in [-0.2, 0) is 6.54 Å². The van der Waals surface area contributed by atoms with Crippen molar-refractivity contribution < 1.29 is 9.90 Å². The molecule has 12 heavy (non-hydrogen) atoms. The van der Waals surface area contributed by atoms with Crippen molar-refractivity contribution in [3.05, 3.63) is 28.4 Å². The molecule has 0 aliphatic carbocycles. The Hall–Kier alpha value is -1.65. The number of aryl methyl sites for hydroxylation is 1. The monoisotopic (exact) mass is 168 g/mol. The van der Waals surface area contributed by atoms with Gasteiger partial charge in [0.05, 0.1) is 6.33 Å². The SMILES string of the molecule is CCn1cnc(C(=O)O)cc1=O. The highest BCUT2D eigenvalue weighted by molar-refractivity contribution is 5.84. The predicted octanol–water partition coefficient (Wildman–Crippen LogP) is -0.0386. The third-order valence-corrected chi connectivity index (χ3v) is 1.44. The van der Waals surface area contributed by atoms with E-state index in [-0.39, 0.29) is 11.3 Å². The summed E-state index contributed by atoms with van der Waals surface area (Å²) in [7, 11) is 0. The van der Waals surface area contributed by atoms with Crippen LogP contribution >= 0.6 is 0 Å². The fraction of sp³-hybridized carbons (Fsp3) is 0.286. The van der Waals surface area contributed by atoms with Gasteiger partial charge in [-0.05, 0) is 6.92 Å². The van der Waals surface area contributed by atoms with Gasteiger partial charge in [0, 0.05) is 12.6 Å². The second-order valence-corrected chi connectivity index (χ2v) is 2.20. The Bertz CT molecular complexity index is 356. The molecule has 0 aliphatic heterocycles. The van der Waals surface area contributed by atoms with Crippen molar-refractivity contribution >= 4 is 5.97 Å². The number of hydrogen-bond donors (Lipinski definition) is 1. The molecule has 0 unspecified atom stereocenters. The van der Waals surface area contributed by atoms with Gasteiger partial charge >= 0.3 is 5.97 Å². The highest BCUT2D eigenvalue weighted by atomic mass is 16.4. The summed E-state index contributed by atoms with van der Waals surface area (Å²) in [6.45, 7) is 2.27. The Labute approximate surface area is 68.3 Å². The van der Waals surface area contributed by atoms with Gasteiger partial charge in [-0.3, -0.25) is 9.36 Å². The molecule has 0 spiro atoms. The lowest BCUT2D eigenvalue weighted by Gasteiger charge is -1.99. The van der Waals surface area contributed by atoms with Gasteiger partial charge in [0.25, 0.3) is 5.56 Å². The molecule has 1 rings (SSSR count). The molecule has 0 aliphatic rings. The first-order chi connectivity index (χ1) is 5.65. The van der Waals surface area contributed by atoms with Gasteiger partial charge in [-0.15, -0.1) is 0 Å². The van der Waals surface area contributed by atoms with Crippen molar-refractivity contribution in [2.75, 3.05) is 0 Å². The number of aromatic carboxylic acids is 1. The molecular formula is C7H8N2O3. The Morgan fingerprint density at radius 1 is 1.75 bits per heavy atom. The topological polar surface area (TPSA) is 72.2 Å². The number of carboxylic acids is 1. The summed E-state index contributed by atoms with van der Waals surface area (Å²) in [6, 6.07) is 1.01. The summed E-state index contributed by atoms with van der Waals surface area (Å²) >= 11 is 0. The van der Waals surface area contributed by atoms with E-state index in [1.165, 1.54) is 10.9 Å². The minimum Gasteiger partial charge on any atom is -0.477 e. The fourth-order valence-corrected chi connectivity index (χ4v) is 0.780. The van der Waals surface area contributed by atoms with Gasteiger partial charge < -0.3 is 5.11 Å². The number of rotatable bonds is 2. The average molecular weight is 168 g/mol. The van der Waals surface area contributed by atoms with Crippen LogP contribution in [0.25, 0.3) is 0 Å². The molecule has 0 amide bonds. The van der Waals surface area contributed by atoms with E-state index in [1.54, 1.807) is 6.92 Å². The molecule has 0 saturated carbocycles. The molecule has 1 aromatic heterocycles. The largest absolute Gasteiger partial charge is 0.477 e. The van der Waals surface area contributed by atoms with E-state index in [1.807, 2.05) is 0 Å². The normalized spacial score (nSPS) is 9.75. The van der Waals surface area contributed by atoms with Crippen LogP contribution in [-0.4, -0.2) is 20.6 Å². The van der Waals surface area contributed by atoms with E-state index in [9.17, 15) is 9.59 Å². The van der Waals surface area contributed by atoms with Crippen LogP contribution in [0.5, 0.6) is 0 Å². The Morgan fingerprint density at radius 2 is 2.42 bits per heavy atom. The minimum atomic E-state index is -1.18. The highest BCUT2D eigenvalue weighted by Gasteiger charge is 2.05. The lowest BCUT2D eigenvalue weighted by molar-refractivity contribution is 0.0690. The third kappa shape index (κ3) is 1.50. The zero-order valence-electron chi connectivity index (χ0n) is 6.52. The Morgan fingerprint density at radius 3 is 2.83 bits per heavy atom. The molecule has 5 nitrogen and oxygen atoms in total. The maximum atomic E-state index is 11.0. The molecule has 1 heterocycles. The van der Waals surface area contributed by atoms with Crippen LogP contribution in [0.4, 0.5) is 0 Å². The van der Waals surface area contributed by atoms with E-state index in [2.05, 4.69) is 4.98 Å². The molecule has 0 fully saturated rings. The smallest absolute Gasteiger partial charge is 0.354 e. The van der Waals surface area contributed by atoms with E-state index in [0.717, 1.165) is 6.07 Å². The summed E-state index contributed by atoms with van der Waals surface area (Å²) in [5.41, 5.74) is -0.561. The lowest BCUT2D eigenvalue weighted by atomic mass is 10.4. The van der Waals surface area contributed by atoms with Crippen LogP contribution in [0.1, 0.15) is 17.4 Å². The quantitative estimate of drug-likeness (QED) is 0.672. The van der Waals surface area contributed by atoms with Crippen molar-refractivity contribution in [3.63, 3.8) is 0 Å². The average Bonchev–Trinajstić information content (AvgIpc) is 2.04. The van der Waals surface area contributed by atoms with Gasteiger partial charge in [-0.1, -0.05) is 0 Å². The summed E-state index contributed by atoms with van der Waals surface area (Å²) in [4.78, 5) is 25.0. The van der Waals surface area contributed by atoms with Crippen molar-refractivity contribution in [2.45, 2.75) is 13.5 Å². The van der Waals surface area contributed by atoms with Crippen LogP contribution in [0, 0.1) is 0 Å². The summed E-state index contributed by atoms with van der Waals surface area (Å²) < 4.78 is 1.33. The molecule has 0 aromatic carbocycles. The number of carboxylic acid groups (broad SMARTS) is 1. The Balaban J connectivity index is 3.19. The van der Waals surface area contributed by atoms with Crippen molar-refractivity contribution in [1.29, 1.82) is 0 Å². The third-order valence-electron chi connectivity index (χ3n) is 1.44. The molecule has 64 valence electrons. The zero-order chi connectivity index (χ0) is 9.14. The predicted molar refractivity (Wildman–Crippen MR) is 41.1 cm³/mol. The number of nitrogens with zero attached hydrogens (tertiary/aromatic N) is 2. The number of carbonyl (C=O) groups is 1. The summed E-state index contributed by atoms with van der Waals surface area (Å²) in [5, 5.41) is 8.46. The van der Waals surface area contributed by atoms with E-state index in [4.69, 9.17) is 5.11 Å². The Kier molecular flexibility index (Phi) is 2.23. The highest BCUT2D eigenvalue weighted by Crippen LogP contribution is 1.87. The van der Waals surface area contributed by atoms with Crippen LogP contribution in [0.15, 0.2) is 17.2 Å².